The Morgan fingerprint density at radius 2 is 2.05 bits per heavy atom. The number of hydrogen-bond acceptors (Lipinski definition) is 4. The summed E-state index contributed by atoms with van der Waals surface area (Å²) < 4.78 is 2.86. The summed E-state index contributed by atoms with van der Waals surface area (Å²) in [6.45, 7) is 0.431. The molecule has 1 aromatic carbocycles. The van der Waals surface area contributed by atoms with E-state index in [1.807, 2.05) is 30.3 Å². The number of benzene rings is 1. The van der Waals surface area contributed by atoms with Crippen molar-refractivity contribution in [3.05, 3.63) is 58.9 Å². The molecule has 7 nitrogen and oxygen atoms in total. The van der Waals surface area contributed by atoms with Crippen LogP contribution < -0.4 is 5.69 Å². The quantitative estimate of drug-likeness (QED) is 0.582. The third kappa shape index (κ3) is 1.53. The molecule has 0 saturated carbocycles. The highest BCUT2D eigenvalue weighted by Gasteiger charge is 2.11. The first-order chi connectivity index (χ1) is 9.83. The van der Waals surface area contributed by atoms with Crippen LogP contribution in [0.25, 0.3) is 16.7 Å². The fourth-order valence-electron chi connectivity index (χ4n) is 2.22. The number of fused-ring (bicyclic) bond motifs is 3. The van der Waals surface area contributed by atoms with Gasteiger partial charge in [0.15, 0.2) is 11.3 Å². The molecule has 0 spiro atoms. The largest absolute Gasteiger partial charge is 0.351 e. The Balaban J connectivity index is 1.92. The van der Waals surface area contributed by atoms with E-state index in [1.165, 1.54) is 15.4 Å². The Morgan fingerprint density at radius 1 is 1.20 bits per heavy atom. The second kappa shape index (κ2) is 4.02. The van der Waals surface area contributed by atoms with E-state index in [-0.39, 0.29) is 5.69 Å². The fourth-order valence-corrected chi connectivity index (χ4v) is 2.22. The highest BCUT2D eigenvalue weighted by atomic mass is 16.2. The Hall–Kier alpha value is -2.96. The summed E-state index contributed by atoms with van der Waals surface area (Å²) in [6, 6.07) is 9.73. The van der Waals surface area contributed by atoms with Crippen LogP contribution in [0.2, 0.25) is 0 Å². The van der Waals surface area contributed by atoms with Gasteiger partial charge in [-0.05, 0) is 5.56 Å². The van der Waals surface area contributed by atoms with Gasteiger partial charge in [0.25, 0.3) is 0 Å². The zero-order valence-electron chi connectivity index (χ0n) is 10.4. The fraction of sp³-hybridized carbons (Fsp3) is 0.0769. The van der Waals surface area contributed by atoms with E-state index >= 15 is 0 Å². The summed E-state index contributed by atoms with van der Waals surface area (Å²) in [6.07, 6.45) is 3.09. The first-order valence-electron chi connectivity index (χ1n) is 6.14. The third-order valence-electron chi connectivity index (χ3n) is 3.21. The SMILES string of the molecule is O=c1n(Cc2ccccc2)nc2c3cn[nH]c3ncn12. The average molecular weight is 266 g/mol. The molecule has 0 saturated heterocycles. The van der Waals surface area contributed by atoms with Crippen LogP contribution in [0.5, 0.6) is 0 Å². The molecule has 0 fully saturated rings. The van der Waals surface area contributed by atoms with Crippen molar-refractivity contribution in [1.29, 1.82) is 0 Å². The molecule has 0 atom stereocenters. The molecule has 4 aromatic rings. The zero-order valence-corrected chi connectivity index (χ0v) is 10.4. The van der Waals surface area contributed by atoms with Gasteiger partial charge in [0, 0.05) is 0 Å². The molecule has 7 heteroatoms. The lowest BCUT2D eigenvalue weighted by atomic mass is 10.2. The van der Waals surface area contributed by atoms with Gasteiger partial charge in [-0.1, -0.05) is 30.3 Å². The maximum Gasteiger partial charge on any atom is 0.351 e. The molecule has 0 aliphatic carbocycles. The minimum absolute atomic E-state index is 0.209. The number of aromatic amines is 1. The molecule has 3 heterocycles. The van der Waals surface area contributed by atoms with Crippen molar-refractivity contribution in [2.75, 3.05) is 0 Å². The van der Waals surface area contributed by atoms with Crippen molar-refractivity contribution in [1.82, 2.24) is 29.4 Å². The van der Waals surface area contributed by atoms with E-state index in [9.17, 15) is 4.79 Å². The number of nitrogens with one attached hydrogen (secondary N) is 1. The minimum atomic E-state index is -0.209. The molecule has 0 bridgehead atoms. The highest BCUT2D eigenvalue weighted by Crippen LogP contribution is 2.11. The summed E-state index contributed by atoms with van der Waals surface area (Å²) in [5, 5.41) is 11.8. The van der Waals surface area contributed by atoms with Crippen LogP contribution in [0.1, 0.15) is 5.56 Å². The molecular formula is C13H10N6O. The van der Waals surface area contributed by atoms with Gasteiger partial charge in [-0.2, -0.15) is 5.10 Å². The lowest BCUT2D eigenvalue weighted by Gasteiger charge is -1.98. The predicted molar refractivity (Wildman–Crippen MR) is 72.4 cm³/mol. The zero-order chi connectivity index (χ0) is 13.5. The summed E-state index contributed by atoms with van der Waals surface area (Å²) >= 11 is 0. The Bertz CT molecular complexity index is 949. The second-order valence-electron chi connectivity index (χ2n) is 4.50. The molecular weight excluding hydrogens is 256 g/mol. The maximum atomic E-state index is 12.3. The van der Waals surface area contributed by atoms with Gasteiger partial charge in [0.1, 0.15) is 6.33 Å². The number of H-pyrrole nitrogens is 1. The number of hydrogen-bond donors (Lipinski definition) is 1. The van der Waals surface area contributed by atoms with Crippen molar-refractivity contribution in [2.24, 2.45) is 0 Å². The van der Waals surface area contributed by atoms with Crippen molar-refractivity contribution < 1.29 is 0 Å². The highest BCUT2D eigenvalue weighted by molar-refractivity contribution is 5.87. The van der Waals surface area contributed by atoms with Gasteiger partial charge in [0.05, 0.1) is 18.1 Å². The van der Waals surface area contributed by atoms with Crippen LogP contribution in [0.3, 0.4) is 0 Å². The molecule has 98 valence electrons. The van der Waals surface area contributed by atoms with E-state index in [0.717, 1.165) is 10.9 Å². The summed E-state index contributed by atoms with van der Waals surface area (Å²) in [4.78, 5) is 16.4. The van der Waals surface area contributed by atoms with Gasteiger partial charge in [-0.15, -0.1) is 5.10 Å². The monoisotopic (exact) mass is 266 g/mol. The molecule has 20 heavy (non-hydrogen) atoms. The van der Waals surface area contributed by atoms with Gasteiger partial charge < -0.3 is 0 Å². The van der Waals surface area contributed by atoms with Crippen molar-refractivity contribution in [3.8, 4) is 0 Å². The second-order valence-corrected chi connectivity index (χ2v) is 4.50. The molecule has 3 aromatic heterocycles. The lowest BCUT2D eigenvalue weighted by Crippen LogP contribution is -2.21. The first-order valence-corrected chi connectivity index (χ1v) is 6.14. The number of aromatic nitrogens is 6. The summed E-state index contributed by atoms with van der Waals surface area (Å²) in [5.41, 5.74) is 1.99. The molecule has 1 N–H and O–H groups in total. The third-order valence-corrected chi connectivity index (χ3v) is 3.21. The van der Waals surface area contributed by atoms with Crippen molar-refractivity contribution in [2.45, 2.75) is 6.54 Å². The average Bonchev–Trinajstić information content (AvgIpc) is 3.06. The van der Waals surface area contributed by atoms with Gasteiger partial charge in [0.2, 0.25) is 0 Å². The van der Waals surface area contributed by atoms with Crippen molar-refractivity contribution in [3.63, 3.8) is 0 Å². The number of rotatable bonds is 2. The van der Waals surface area contributed by atoms with E-state index < -0.39 is 0 Å². The summed E-state index contributed by atoms with van der Waals surface area (Å²) in [7, 11) is 0. The van der Waals surface area contributed by atoms with Crippen LogP contribution in [-0.2, 0) is 6.54 Å². The predicted octanol–water partition coefficient (Wildman–Crippen LogP) is 0.816. The normalized spacial score (nSPS) is 11.4. The lowest BCUT2D eigenvalue weighted by molar-refractivity contribution is 0.658. The van der Waals surface area contributed by atoms with Gasteiger partial charge >= 0.3 is 5.69 Å². The van der Waals surface area contributed by atoms with Gasteiger partial charge in [-0.25, -0.2) is 18.9 Å². The Morgan fingerprint density at radius 3 is 2.90 bits per heavy atom. The maximum absolute atomic E-state index is 12.3. The Kier molecular flexibility index (Phi) is 2.19. The topological polar surface area (TPSA) is 80.9 Å². The van der Waals surface area contributed by atoms with E-state index in [1.54, 1.807) is 6.20 Å². The molecule has 0 radical (unpaired) electrons. The van der Waals surface area contributed by atoms with Crippen molar-refractivity contribution >= 4 is 16.7 Å². The summed E-state index contributed by atoms with van der Waals surface area (Å²) in [5.74, 6) is 0. The smallest absolute Gasteiger partial charge is 0.261 e. The minimum Gasteiger partial charge on any atom is -0.261 e. The molecule has 0 unspecified atom stereocenters. The Labute approximate surface area is 112 Å². The molecule has 4 rings (SSSR count). The number of nitrogens with zero attached hydrogens (tertiary/aromatic N) is 5. The standard InChI is InChI=1S/C13H10N6O/c20-13-18-8-14-11-10(6-15-16-11)12(18)17-19(13)7-9-4-2-1-3-5-9/h1-6,8H,7H2,(H,15,16). The molecule has 0 aliphatic rings. The molecule has 0 amide bonds. The van der Waals surface area contributed by atoms with E-state index in [4.69, 9.17) is 0 Å². The first kappa shape index (κ1) is 10.9. The van der Waals surface area contributed by atoms with E-state index in [2.05, 4.69) is 20.3 Å². The van der Waals surface area contributed by atoms with E-state index in [0.29, 0.717) is 17.8 Å². The molecule has 0 aliphatic heterocycles. The van der Waals surface area contributed by atoms with Crippen LogP contribution in [0, 0.1) is 0 Å². The van der Waals surface area contributed by atoms with Crippen LogP contribution in [-0.4, -0.2) is 29.4 Å². The van der Waals surface area contributed by atoms with Crippen LogP contribution in [0.15, 0.2) is 47.7 Å². The van der Waals surface area contributed by atoms with Crippen LogP contribution >= 0.6 is 0 Å². The van der Waals surface area contributed by atoms with Crippen LogP contribution in [0.4, 0.5) is 0 Å². The van der Waals surface area contributed by atoms with Gasteiger partial charge in [-0.3, -0.25) is 5.10 Å².